The van der Waals surface area contributed by atoms with E-state index >= 15 is 0 Å². The Morgan fingerprint density at radius 3 is 2.41 bits per heavy atom. The Labute approximate surface area is 176 Å². The first-order valence-electron chi connectivity index (χ1n) is 9.31. The third kappa shape index (κ3) is 4.32. The quantitative estimate of drug-likeness (QED) is 0.680. The smallest absolute Gasteiger partial charge is 0.254 e. The Balaban J connectivity index is 2.03. The predicted octanol–water partition coefficient (Wildman–Crippen LogP) is 4.15. The first-order chi connectivity index (χ1) is 13.5. The summed E-state index contributed by atoms with van der Waals surface area (Å²) in [5, 5.41) is 0.263. The second kappa shape index (κ2) is 8.05. The van der Waals surface area contributed by atoms with Crippen LogP contribution < -0.4 is 0 Å². The molecule has 0 unspecified atom stereocenters. The molecule has 0 heterocycles. The lowest BCUT2D eigenvalue weighted by Gasteiger charge is -2.24. The summed E-state index contributed by atoms with van der Waals surface area (Å²) in [6.07, 6.45) is 1.65. The number of carbonyl (C=O) groups is 1. The van der Waals surface area contributed by atoms with Crippen molar-refractivity contribution in [2.24, 2.45) is 0 Å². The lowest BCUT2D eigenvalue weighted by molar-refractivity contribution is 0.0728. The van der Waals surface area contributed by atoms with E-state index in [-0.39, 0.29) is 39.5 Å². The molecule has 0 aliphatic heterocycles. The minimum atomic E-state index is -3.71. The van der Waals surface area contributed by atoms with Crippen LogP contribution >= 0.6 is 11.6 Å². The van der Waals surface area contributed by atoms with Crippen molar-refractivity contribution < 1.29 is 17.6 Å². The van der Waals surface area contributed by atoms with Crippen molar-refractivity contribution in [1.29, 1.82) is 0 Å². The van der Waals surface area contributed by atoms with Crippen molar-refractivity contribution >= 4 is 27.5 Å². The van der Waals surface area contributed by atoms with Crippen molar-refractivity contribution in [3.63, 3.8) is 0 Å². The molecular formula is C21H24ClFN2O3S. The summed E-state index contributed by atoms with van der Waals surface area (Å²) in [4.78, 5) is 15.0. The van der Waals surface area contributed by atoms with Gasteiger partial charge in [-0.3, -0.25) is 4.79 Å². The highest BCUT2D eigenvalue weighted by molar-refractivity contribution is 7.89. The normalized spacial score (nSPS) is 14.3. The third-order valence-corrected chi connectivity index (χ3v) is 7.56. The standard InChI is InChI=1S/C21H24ClFN2O3S/c1-13-10-15(11-20(14(13)2)29(27,28)24(3)4)21(26)25(16-8-9-16)12-17-18(22)6-5-7-19(17)23/h5-7,10-11,16H,8-9,12H2,1-4H3. The molecule has 1 fully saturated rings. The van der Waals surface area contributed by atoms with Crippen molar-refractivity contribution in [3.8, 4) is 0 Å². The van der Waals surface area contributed by atoms with E-state index in [1.165, 1.54) is 32.3 Å². The Morgan fingerprint density at radius 2 is 1.86 bits per heavy atom. The molecular weight excluding hydrogens is 415 g/mol. The van der Waals surface area contributed by atoms with Crippen LogP contribution in [0.3, 0.4) is 0 Å². The topological polar surface area (TPSA) is 57.7 Å². The van der Waals surface area contributed by atoms with Crippen LogP contribution in [0.1, 0.15) is 39.9 Å². The van der Waals surface area contributed by atoms with Gasteiger partial charge in [0.05, 0.1) is 11.4 Å². The SMILES string of the molecule is Cc1cc(C(=O)N(Cc2c(F)cccc2Cl)C2CC2)cc(S(=O)(=O)N(C)C)c1C. The van der Waals surface area contributed by atoms with Crippen LogP contribution in [-0.4, -0.2) is 43.7 Å². The fourth-order valence-electron chi connectivity index (χ4n) is 3.19. The molecule has 2 aromatic rings. The van der Waals surface area contributed by atoms with E-state index < -0.39 is 15.8 Å². The van der Waals surface area contributed by atoms with Crippen LogP contribution in [0, 0.1) is 19.7 Å². The van der Waals surface area contributed by atoms with E-state index in [9.17, 15) is 17.6 Å². The fraction of sp³-hybridized carbons (Fsp3) is 0.381. The molecule has 1 amide bonds. The summed E-state index contributed by atoms with van der Waals surface area (Å²) in [6, 6.07) is 7.52. The number of sulfonamides is 1. The third-order valence-electron chi connectivity index (χ3n) is 5.26. The second-order valence-corrected chi connectivity index (χ2v) is 10.1. The molecule has 29 heavy (non-hydrogen) atoms. The monoisotopic (exact) mass is 438 g/mol. The van der Waals surface area contributed by atoms with E-state index in [0.29, 0.717) is 11.1 Å². The zero-order valence-corrected chi connectivity index (χ0v) is 18.4. The number of hydrogen-bond donors (Lipinski definition) is 0. The van der Waals surface area contributed by atoms with Crippen molar-refractivity contribution in [3.05, 3.63) is 63.4 Å². The molecule has 3 rings (SSSR count). The van der Waals surface area contributed by atoms with Gasteiger partial charge in [-0.2, -0.15) is 0 Å². The van der Waals surface area contributed by atoms with E-state index in [2.05, 4.69) is 0 Å². The molecule has 2 aromatic carbocycles. The molecule has 0 atom stereocenters. The summed E-state index contributed by atoms with van der Waals surface area (Å²) < 4.78 is 40.8. The van der Waals surface area contributed by atoms with Gasteiger partial charge in [-0.1, -0.05) is 17.7 Å². The first-order valence-corrected chi connectivity index (χ1v) is 11.1. The zero-order valence-electron chi connectivity index (χ0n) is 16.9. The van der Waals surface area contributed by atoms with E-state index in [0.717, 1.165) is 17.1 Å². The lowest BCUT2D eigenvalue weighted by Crippen LogP contribution is -2.33. The maximum absolute atomic E-state index is 14.3. The van der Waals surface area contributed by atoms with Gasteiger partial charge in [-0.05, 0) is 62.1 Å². The Bertz CT molecular complexity index is 1050. The lowest BCUT2D eigenvalue weighted by atomic mass is 10.0. The molecule has 1 aliphatic rings. The average molecular weight is 439 g/mol. The van der Waals surface area contributed by atoms with Gasteiger partial charge in [0.1, 0.15) is 5.82 Å². The largest absolute Gasteiger partial charge is 0.331 e. The van der Waals surface area contributed by atoms with Gasteiger partial charge in [-0.15, -0.1) is 0 Å². The second-order valence-electron chi connectivity index (χ2n) is 7.57. The van der Waals surface area contributed by atoms with Crippen LogP contribution in [0.4, 0.5) is 4.39 Å². The van der Waals surface area contributed by atoms with Gasteiger partial charge in [-0.25, -0.2) is 17.1 Å². The number of amides is 1. The Kier molecular flexibility index (Phi) is 6.03. The summed E-state index contributed by atoms with van der Waals surface area (Å²) in [5.74, 6) is -0.794. The van der Waals surface area contributed by atoms with Crippen molar-refractivity contribution in [2.75, 3.05) is 14.1 Å². The average Bonchev–Trinajstić information content (AvgIpc) is 3.48. The van der Waals surface area contributed by atoms with Crippen LogP contribution in [0.2, 0.25) is 5.02 Å². The summed E-state index contributed by atoms with van der Waals surface area (Å²) in [5.41, 5.74) is 1.84. The van der Waals surface area contributed by atoms with Crippen LogP contribution in [-0.2, 0) is 16.6 Å². The molecule has 0 N–H and O–H groups in total. The maximum atomic E-state index is 14.3. The molecule has 5 nitrogen and oxygen atoms in total. The van der Waals surface area contributed by atoms with Crippen LogP contribution in [0.5, 0.6) is 0 Å². The van der Waals surface area contributed by atoms with Gasteiger partial charge in [0.25, 0.3) is 5.91 Å². The number of carbonyl (C=O) groups excluding carboxylic acids is 1. The molecule has 0 radical (unpaired) electrons. The predicted molar refractivity (Wildman–Crippen MR) is 111 cm³/mol. The molecule has 0 bridgehead atoms. The Morgan fingerprint density at radius 1 is 1.21 bits per heavy atom. The summed E-state index contributed by atoms with van der Waals surface area (Å²) >= 11 is 6.15. The van der Waals surface area contributed by atoms with Gasteiger partial charge < -0.3 is 4.90 Å². The van der Waals surface area contributed by atoms with Crippen LogP contribution in [0.15, 0.2) is 35.2 Å². The zero-order chi connectivity index (χ0) is 21.5. The first kappa shape index (κ1) is 21.7. The van der Waals surface area contributed by atoms with E-state index in [1.54, 1.807) is 30.9 Å². The minimum absolute atomic E-state index is 0.00584. The van der Waals surface area contributed by atoms with E-state index in [1.807, 2.05) is 0 Å². The number of aryl methyl sites for hydroxylation is 1. The van der Waals surface area contributed by atoms with Crippen molar-refractivity contribution in [2.45, 2.75) is 44.2 Å². The Hall–Kier alpha value is -1.96. The highest BCUT2D eigenvalue weighted by Gasteiger charge is 2.35. The molecule has 0 saturated heterocycles. The number of benzene rings is 2. The molecule has 0 aromatic heterocycles. The van der Waals surface area contributed by atoms with Gasteiger partial charge >= 0.3 is 0 Å². The highest BCUT2D eigenvalue weighted by atomic mass is 35.5. The molecule has 1 saturated carbocycles. The molecule has 1 aliphatic carbocycles. The van der Waals surface area contributed by atoms with Gasteiger partial charge in [0.15, 0.2) is 0 Å². The fourth-order valence-corrected chi connectivity index (χ4v) is 4.63. The summed E-state index contributed by atoms with van der Waals surface area (Å²) in [6.45, 7) is 3.53. The highest BCUT2D eigenvalue weighted by Crippen LogP contribution is 2.33. The number of hydrogen-bond acceptors (Lipinski definition) is 3. The molecule has 8 heteroatoms. The summed E-state index contributed by atoms with van der Waals surface area (Å²) in [7, 11) is -0.800. The number of halogens is 2. The molecule has 156 valence electrons. The molecule has 0 spiro atoms. The van der Waals surface area contributed by atoms with Crippen molar-refractivity contribution in [1.82, 2.24) is 9.21 Å². The van der Waals surface area contributed by atoms with Gasteiger partial charge in [0.2, 0.25) is 10.0 Å². The van der Waals surface area contributed by atoms with Gasteiger partial charge in [0, 0.05) is 36.3 Å². The minimum Gasteiger partial charge on any atom is -0.331 e. The van der Waals surface area contributed by atoms with Crippen LogP contribution in [0.25, 0.3) is 0 Å². The number of rotatable bonds is 6. The number of nitrogens with zero attached hydrogens (tertiary/aromatic N) is 2. The van der Waals surface area contributed by atoms with E-state index in [4.69, 9.17) is 11.6 Å². The maximum Gasteiger partial charge on any atom is 0.254 e.